The zero-order chi connectivity index (χ0) is 14.9. The zero-order valence-corrected chi connectivity index (χ0v) is 11.1. The third kappa shape index (κ3) is 3.06. The van der Waals surface area contributed by atoms with E-state index in [-0.39, 0.29) is 18.7 Å². The minimum atomic E-state index is -4.47. The molecule has 0 saturated carbocycles. The molecule has 0 radical (unpaired) electrons. The number of aryl methyl sites for hydroxylation is 2. The first-order chi connectivity index (χ1) is 9.29. The Balaban J connectivity index is 2.16. The third-order valence-electron chi connectivity index (χ3n) is 3.05. The second-order valence-electron chi connectivity index (χ2n) is 4.57. The van der Waals surface area contributed by atoms with E-state index in [9.17, 15) is 18.0 Å². The molecule has 1 aliphatic rings. The molecular weight excluding hydrogens is 275 g/mol. The lowest BCUT2D eigenvalue weighted by molar-refractivity contribution is -0.233. The van der Waals surface area contributed by atoms with Crippen molar-refractivity contribution in [2.75, 3.05) is 19.7 Å². The Morgan fingerprint density at radius 1 is 1.45 bits per heavy atom. The molecular formula is C12H14F3N3O2. The summed E-state index contributed by atoms with van der Waals surface area (Å²) in [6.45, 7) is 2.79. The lowest BCUT2D eigenvalue weighted by atomic mass is 10.2. The third-order valence-corrected chi connectivity index (χ3v) is 3.05. The normalized spacial score (nSPS) is 20.1. The van der Waals surface area contributed by atoms with Gasteiger partial charge in [0.2, 0.25) is 0 Å². The van der Waals surface area contributed by atoms with Crippen molar-refractivity contribution < 1.29 is 22.7 Å². The van der Waals surface area contributed by atoms with Crippen LogP contribution in [0.2, 0.25) is 0 Å². The van der Waals surface area contributed by atoms with Crippen molar-refractivity contribution >= 4 is 5.91 Å². The summed E-state index contributed by atoms with van der Waals surface area (Å²) in [6, 6.07) is 0. The van der Waals surface area contributed by atoms with Gasteiger partial charge in [0.25, 0.3) is 5.91 Å². The molecule has 0 bridgehead atoms. The number of ether oxygens (including phenoxy) is 1. The number of aromatic nitrogens is 2. The van der Waals surface area contributed by atoms with Crippen molar-refractivity contribution in [1.29, 1.82) is 0 Å². The van der Waals surface area contributed by atoms with Gasteiger partial charge in [-0.1, -0.05) is 0 Å². The van der Waals surface area contributed by atoms with E-state index in [0.717, 1.165) is 4.90 Å². The fourth-order valence-corrected chi connectivity index (χ4v) is 2.00. The molecule has 5 nitrogen and oxygen atoms in total. The number of carbonyl (C=O) groups is 1. The minimum absolute atomic E-state index is 0.124. The van der Waals surface area contributed by atoms with Crippen molar-refractivity contribution in [2.45, 2.75) is 26.1 Å². The lowest BCUT2D eigenvalue weighted by Crippen LogP contribution is -2.51. The first-order valence-electron chi connectivity index (χ1n) is 6.07. The summed E-state index contributed by atoms with van der Waals surface area (Å²) in [5.41, 5.74) is 0.677. The number of alkyl halides is 3. The number of morpholine rings is 1. The first kappa shape index (κ1) is 14.7. The Bertz CT molecular complexity index is 519. The van der Waals surface area contributed by atoms with Gasteiger partial charge in [-0.25, -0.2) is 9.97 Å². The minimum Gasteiger partial charge on any atom is -0.365 e. The lowest BCUT2D eigenvalue weighted by Gasteiger charge is -2.33. The molecule has 0 aromatic carbocycles. The van der Waals surface area contributed by atoms with E-state index < -0.39 is 24.7 Å². The van der Waals surface area contributed by atoms with Crippen molar-refractivity contribution in [3.8, 4) is 0 Å². The van der Waals surface area contributed by atoms with Gasteiger partial charge in [-0.2, -0.15) is 13.2 Å². The summed E-state index contributed by atoms with van der Waals surface area (Å²) in [5, 5.41) is 0. The summed E-state index contributed by atoms with van der Waals surface area (Å²) in [4.78, 5) is 21.3. The zero-order valence-electron chi connectivity index (χ0n) is 11.1. The van der Waals surface area contributed by atoms with Crippen LogP contribution >= 0.6 is 0 Å². The number of carbonyl (C=O) groups excluding carboxylic acids is 1. The Kier molecular flexibility index (Phi) is 3.94. The van der Waals surface area contributed by atoms with E-state index in [2.05, 4.69) is 14.7 Å². The molecule has 1 amide bonds. The van der Waals surface area contributed by atoms with Crippen LogP contribution in [0.1, 0.15) is 21.9 Å². The van der Waals surface area contributed by atoms with Gasteiger partial charge in [-0.15, -0.1) is 0 Å². The van der Waals surface area contributed by atoms with Crippen molar-refractivity contribution in [3.63, 3.8) is 0 Å². The van der Waals surface area contributed by atoms with Crippen LogP contribution in [0.15, 0.2) is 6.20 Å². The Hall–Kier alpha value is -1.70. The molecule has 0 aliphatic carbocycles. The van der Waals surface area contributed by atoms with Gasteiger partial charge in [0.05, 0.1) is 24.4 Å². The molecule has 20 heavy (non-hydrogen) atoms. The quantitative estimate of drug-likeness (QED) is 0.786. The highest BCUT2D eigenvalue weighted by Gasteiger charge is 2.44. The average Bonchev–Trinajstić information content (AvgIpc) is 2.37. The van der Waals surface area contributed by atoms with E-state index in [4.69, 9.17) is 0 Å². The standard InChI is InChI=1S/C12H14F3N3O2/c1-7-9(5-16-8(2)17-7)11(19)18-3-4-20-10(6-18)12(13,14)15/h5,10H,3-4,6H2,1-2H3/t10-/m1/s1. The van der Waals surface area contributed by atoms with E-state index in [1.54, 1.807) is 13.8 Å². The summed E-state index contributed by atoms with van der Waals surface area (Å²) in [7, 11) is 0. The van der Waals surface area contributed by atoms with Crippen LogP contribution in [0.4, 0.5) is 13.2 Å². The highest BCUT2D eigenvalue weighted by atomic mass is 19.4. The van der Waals surface area contributed by atoms with Crippen LogP contribution < -0.4 is 0 Å². The molecule has 1 aromatic heterocycles. The number of halogens is 3. The van der Waals surface area contributed by atoms with Crippen molar-refractivity contribution in [2.24, 2.45) is 0 Å². The highest BCUT2D eigenvalue weighted by molar-refractivity contribution is 5.95. The molecule has 2 heterocycles. The predicted molar refractivity (Wildman–Crippen MR) is 63.2 cm³/mol. The molecule has 0 spiro atoms. The van der Waals surface area contributed by atoms with E-state index in [0.29, 0.717) is 11.5 Å². The van der Waals surface area contributed by atoms with Gasteiger partial charge in [0, 0.05) is 12.7 Å². The highest BCUT2D eigenvalue weighted by Crippen LogP contribution is 2.26. The Morgan fingerprint density at radius 3 is 2.75 bits per heavy atom. The average molecular weight is 289 g/mol. The molecule has 1 atom stereocenters. The predicted octanol–water partition coefficient (Wildman–Crippen LogP) is 1.50. The molecule has 8 heteroatoms. The maximum absolute atomic E-state index is 12.6. The van der Waals surface area contributed by atoms with Gasteiger partial charge in [-0.05, 0) is 13.8 Å². The molecule has 1 saturated heterocycles. The van der Waals surface area contributed by atoms with Gasteiger partial charge in [0.15, 0.2) is 6.10 Å². The maximum Gasteiger partial charge on any atom is 0.416 e. The topological polar surface area (TPSA) is 55.3 Å². The largest absolute Gasteiger partial charge is 0.416 e. The van der Waals surface area contributed by atoms with E-state index >= 15 is 0 Å². The van der Waals surface area contributed by atoms with Crippen LogP contribution in [0.25, 0.3) is 0 Å². The number of amides is 1. The summed E-state index contributed by atoms with van der Waals surface area (Å²) in [6.07, 6.45) is -5.07. The second-order valence-corrected chi connectivity index (χ2v) is 4.57. The number of nitrogens with zero attached hydrogens (tertiary/aromatic N) is 3. The fraction of sp³-hybridized carbons (Fsp3) is 0.583. The number of hydrogen-bond donors (Lipinski definition) is 0. The molecule has 0 unspecified atom stereocenters. The number of rotatable bonds is 1. The first-order valence-corrected chi connectivity index (χ1v) is 6.07. The fourth-order valence-electron chi connectivity index (χ4n) is 2.00. The maximum atomic E-state index is 12.6. The SMILES string of the molecule is Cc1ncc(C(=O)N2CCO[C@@H](C(F)(F)F)C2)c(C)n1. The smallest absolute Gasteiger partial charge is 0.365 e. The van der Waals surface area contributed by atoms with Crippen LogP contribution in [-0.2, 0) is 4.74 Å². The molecule has 1 aromatic rings. The monoisotopic (exact) mass is 289 g/mol. The number of hydrogen-bond acceptors (Lipinski definition) is 4. The second kappa shape index (κ2) is 5.35. The molecule has 1 aliphatic heterocycles. The van der Waals surface area contributed by atoms with Crippen LogP contribution in [-0.4, -0.2) is 52.8 Å². The van der Waals surface area contributed by atoms with Crippen LogP contribution in [0.5, 0.6) is 0 Å². The summed E-state index contributed by atoms with van der Waals surface area (Å²) >= 11 is 0. The van der Waals surface area contributed by atoms with Gasteiger partial charge < -0.3 is 9.64 Å². The van der Waals surface area contributed by atoms with Crippen molar-refractivity contribution in [1.82, 2.24) is 14.9 Å². The Labute approximate surface area is 113 Å². The molecule has 110 valence electrons. The summed E-state index contributed by atoms with van der Waals surface area (Å²) in [5.74, 6) is 0.00856. The molecule has 2 rings (SSSR count). The van der Waals surface area contributed by atoms with E-state index in [1.165, 1.54) is 6.20 Å². The van der Waals surface area contributed by atoms with Gasteiger partial charge >= 0.3 is 6.18 Å². The van der Waals surface area contributed by atoms with Crippen LogP contribution in [0.3, 0.4) is 0 Å². The molecule has 1 fully saturated rings. The summed E-state index contributed by atoms with van der Waals surface area (Å²) < 4.78 is 42.5. The van der Waals surface area contributed by atoms with Crippen molar-refractivity contribution in [3.05, 3.63) is 23.3 Å². The van der Waals surface area contributed by atoms with E-state index in [1.807, 2.05) is 0 Å². The molecule has 0 N–H and O–H groups in total. The Morgan fingerprint density at radius 2 is 2.15 bits per heavy atom. The van der Waals surface area contributed by atoms with Gasteiger partial charge in [-0.3, -0.25) is 4.79 Å². The van der Waals surface area contributed by atoms with Gasteiger partial charge in [0.1, 0.15) is 5.82 Å². The van der Waals surface area contributed by atoms with Crippen LogP contribution in [0, 0.1) is 13.8 Å².